The Bertz CT molecular complexity index is 193. The van der Waals surface area contributed by atoms with Crippen LogP contribution >= 0.6 is 0 Å². The SMILES string of the molecule is C1COCC(NCC(C2CC2)C2CC2)C1. The zero-order chi connectivity index (χ0) is 10.1. The van der Waals surface area contributed by atoms with Gasteiger partial charge in [-0.25, -0.2) is 0 Å². The van der Waals surface area contributed by atoms with Crippen LogP contribution in [0, 0.1) is 17.8 Å². The van der Waals surface area contributed by atoms with Gasteiger partial charge in [0, 0.05) is 12.6 Å². The minimum Gasteiger partial charge on any atom is -0.380 e. The summed E-state index contributed by atoms with van der Waals surface area (Å²) in [5.41, 5.74) is 0. The maximum Gasteiger partial charge on any atom is 0.0619 e. The summed E-state index contributed by atoms with van der Waals surface area (Å²) in [6.45, 7) is 3.19. The van der Waals surface area contributed by atoms with Crippen LogP contribution in [0.5, 0.6) is 0 Å². The van der Waals surface area contributed by atoms with E-state index < -0.39 is 0 Å². The first-order valence-electron chi connectivity index (χ1n) is 6.74. The Morgan fingerprint density at radius 2 is 1.80 bits per heavy atom. The van der Waals surface area contributed by atoms with Crippen molar-refractivity contribution in [2.24, 2.45) is 17.8 Å². The molecule has 0 bridgehead atoms. The fourth-order valence-electron chi connectivity index (χ4n) is 2.97. The number of nitrogens with one attached hydrogen (secondary N) is 1. The van der Waals surface area contributed by atoms with Gasteiger partial charge in [-0.15, -0.1) is 0 Å². The minimum absolute atomic E-state index is 0.652. The Morgan fingerprint density at radius 3 is 2.33 bits per heavy atom. The lowest BCUT2D eigenvalue weighted by atomic mass is 9.97. The van der Waals surface area contributed by atoms with Gasteiger partial charge in [0.15, 0.2) is 0 Å². The van der Waals surface area contributed by atoms with Crippen molar-refractivity contribution in [3.63, 3.8) is 0 Å². The Kier molecular flexibility index (Phi) is 2.98. The van der Waals surface area contributed by atoms with Gasteiger partial charge in [0.2, 0.25) is 0 Å². The van der Waals surface area contributed by atoms with Crippen LogP contribution in [0.2, 0.25) is 0 Å². The van der Waals surface area contributed by atoms with Gasteiger partial charge in [0.1, 0.15) is 0 Å². The highest BCUT2D eigenvalue weighted by atomic mass is 16.5. The molecule has 1 atom stereocenters. The van der Waals surface area contributed by atoms with Crippen molar-refractivity contribution in [2.45, 2.75) is 44.6 Å². The Hall–Kier alpha value is -0.0800. The maximum atomic E-state index is 5.50. The zero-order valence-electron chi connectivity index (χ0n) is 9.58. The molecule has 2 heteroatoms. The van der Waals surface area contributed by atoms with Crippen LogP contribution in [-0.2, 0) is 4.74 Å². The smallest absolute Gasteiger partial charge is 0.0619 e. The van der Waals surface area contributed by atoms with Crippen molar-refractivity contribution < 1.29 is 4.74 Å². The van der Waals surface area contributed by atoms with Crippen molar-refractivity contribution in [3.8, 4) is 0 Å². The molecule has 15 heavy (non-hydrogen) atoms. The summed E-state index contributed by atoms with van der Waals surface area (Å²) in [7, 11) is 0. The second kappa shape index (κ2) is 4.42. The summed E-state index contributed by atoms with van der Waals surface area (Å²) < 4.78 is 5.50. The standard InChI is InChI=1S/C13H23NO/c1-2-12(9-15-7-1)14-8-13(10-3-4-10)11-5-6-11/h10-14H,1-9H2. The monoisotopic (exact) mass is 209 g/mol. The highest BCUT2D eigenvalue weighted by Gasteiger charge is 2.41. The molecule has 2 aliphatic carbocycles. The van der Waals surface area contributed by atoms with E-state index in [0.717, 1.165) is 31.0 Å². The average molecular weight is 209 g/mol. The molecule has 2 saturated carbocycles. The topological polar surface area (TPSA) is 21.3 Å². The molecule has 1 heterocycles. The third kappa shape index (κ3) is 2.73. The molecule has 0 radical (unpaired) electrons. The summed E-state index contributed by atoms with van der Waals surface area (Å²) in [4.78, 5) is 0. The van der Waals surface area contributed by atoms with E-state index in [-0.39, 0.29) is 0 Å². The molecule has 1 aliphatic heterocycles. The summed E-state index contributed by atoms with van der Waals surface area (Å²) in [6, 6.07) is 0.652. The molecule has 2 nitrogen and oxygen atoms in total. The van der Waals surface area contributed by atoms with E-state index in [0.29, 0.717) is 6.04 Å². The van der Waals surface area contributed by atoms with Gasteiger partial charge in [-0.1, -0.05) is 0 Å². The van der Waals surface area contributed by atoms with E-state index >= 15 is 0 Å². The summed E-state index contributed by atoms with van der Waals surface area (Å²) >= 11 is 0. The summed E-state index contributed by atoms with van der Waals surface area (Å²) in [6.07, 6.45) is 8.58. The van der Waals surface area contributed by atoms with Crippen LogP contribution in [0.4, 0.5) is 0 Å². The molecule has 0 amide bonds. The first kappa shape index (κ1) is 10.1. The van der Waals surface area contributed by atoms with E-state index in [9.17, 15) is 0 Å². The quantitative estimate of drug-likeness (QED) is 0.749. The van der Waals surface area contributed by atoms with Crippen molar-refractivity contribution in [3.05, 3.63) is 0 Å². The molecule has 0 aromatic rings. The van der Waals surface area contributed by atoms with Crippen LogP contribution < -0.4 is 5.32 Å². The lowest BCUT2D eigenvalue weighted by Gasteiger charge is -2.26. The largest absolute Gasteiger partial charge is 0.380 e. The fourth-order valence-corrected chi connectivity index (χ4v) is 2.97. The Morgan fingerprint density at radius 1 is 1.07 bits per heavy atom. The van der Waals surface area contributed by atoms with E-state index in [1.165, 1.54) is 45.1 Å². The summed E-state index contributed by atoms with van der Waals surface area (Å²) in [5.74, 6) is 3.16. The fraction of sp³-hybridized carbons (Fsp3) is 1.00. The van der Waals surface area contributed by atoms with Crippen LogP contribution in [0.3, 0.4) is 0 Å². The van der Waals surface area contributed by atoms with E-state index in [1.54, 1.807) is 0 Å². The molecule has 1 N–H and O–H groups in total. The highest BCUT2D eigenvalue weighted by molar-refractivity contribution is 4.93. The van der Waals surface area contributed by atoms with Crippen LogP contribution in [0.15, 0.2) is 0 Å². The highest BCUT2D eigenvalue weighted by Crippen LogP contribution is 2.48. The normalized spacial score (nSPS) is 32.2. The summed E-state index contributed by atoms with van der Waals surface area (Å²) in [5, 5.41) is 3.74. The molecule has 1 unspecified atom stereocenters. The zero-order valence-corrected chi connectivity index (χ0v) is 9.58. The molecule has 0 aromatic heterocycles. The Labute approximate surface area is 92.8 Å². The van der Waals surface area contributed by atoms with Gasteiger partial charge >= 0.3 is 0 Å². The molecule has 0 aromatic carbocycles. The van der Waals surface area contributed by atoms with Crippen LogP contribution in [0.1, 0.15) is 38.5 Å². The van der Waals surface area contributed by atoms with Gasteiger partial charge in [0.25, 0.3) is 0 Å². The first-order valence-corrected chi connectivity index (χ1v) is 6.74. The minimum atomic E-state index is 0.652. The second-order valence-corrected chi connectivity index (χ2v) is 5.66. The van der Waals surface area contributed by atoms with Gasteiger partial charge in [-0.2, -0.15) is 0 Å². The van der Waals surface area contributed by atoms with Crippen LogP contribution in [0.25, 0.3) is 0 Å². The van der Waals surface area contributed by atoms with Gasteiger partial charge in [-0.3, -0.25) is 0 Å². The number of hydrogen-bond donors (Lipinski definition) is 1. The Balaban J connectivity index is 1.42. The predicted molar refractivity (Wildman–Crippen MR) is 60.8 cm³/mol. The van der Waals surface area contributed by atoms with Crippen LogP contribution in [-0.4, -0.2) is 25.8 Å². The molecule has 3 rings (SSSR count). The van der Waals surface area contributed by atoms with Crippen molar-refractivity contribution in [2.75, 3.05) is 19.8 Å². The lowest BCUT2D eigenvalue weighted by molar-refractivity contribution is 0.0682. The van der Waals surface area contributed by atoms with E-state index in [4.69, 9.17) is 4.74 Å². The predicted octanol–water partition coefficient (Wildman–Crippen LogP) is 2.19. The first-order chi connectivity index (χ1) is 7.43. The van der Waals surface area contributed by atoms with Crippen molar-refractivity contribution in [1.29, 1.82) is 0 Å². The lowest BCUT2D eigenvalue weighted by Crippen LogP contribution is -2.40. The maximum absolute atomic E-state index is 5.50. The molecular weight excluding hydrogens is 186 g/mol. The third-order valence-corrected chi connectivity index (χ3v) is 4.26. The van der Waals surface area contributed by atoms with Gasteiger partial charge in [0.05, 0.1) is 6.61 Å². The molecule has 86 valence electrons. The molecule has 0 spiro atoms. The van der Waals surface area contributed by atoms with Gasteiger partial charge < -0.3 is 10.1 Å². The van der Waals surface area contributed by atoms with E-state index in [2.05, 4.69) is 5.32 Å². The van der Waals surface area contributed by atoms with Gasteiger partial charge in [-0.05, 0) is 62.8 Å². The van der Waals surface area contributed by atoms with Crippen molar-refractivity contribution in [1.82, 2.24) is 5.32 Å². The molecule has 3 aliphatic rings. The second-order valence-electron chi connectivity index (χ2n) is 5.66. The number of ether oxygens (including phenoxy) is 1. The van der Waals surface area contributed by atoms with Crippen molar-refractivity contribution >= 4 is 0 Å². The van der Waals surface area contributed by atoms with E-state index in [1.807, 2.05) is 0 Å². The number of hydrogen-bond acceptors (Lipinski definition) is 2. The molecular formula is C13H23NO. The average Bonchev–Trinajstić information content (AvgIpc) is 3.14. The third-order valence-electron chi connectivity index (χ3n) is 4.26. The molecule has 3 fully saturated rings. The molecule has 1 saturated heterocycles. The number of rotatable bonds is 5.